The maximum atomic E-state index is 12.9. The summed E-state index contributed by atoms with van der Waals surface area (Å²) in [7, 11) is 5.75. The van der Waals surface area contributed by atoms with E-state index in [-0.39, 0.29) is 5.91 Å². The molecule has 1 amide bonds. The first-order valence-electron chi connectivity index (χ1n) is 11.2. The third kappa shape index (κ3) is 4.98. The van der Waals surface area contributed by atoms with E-state index < -0.39 is 0 Å². The molecule has 1 N–H and O–H groups in total. The summed E-state index contributed by atoms with van der Waals surface area (Å²) in [6, 6.07) is 7.94. The van der Waals surface area contributed by atoms with E-state index in [2.05, 4.69) is 17.3 Å². The Morgan fingerprint density at radius 2 is 1.90 bits per heavy atom. The largest absolute Gasteiger partial charge is 0.497 e. The number of carbonyl (C=O) groups is 1. The van der Waals surface area contributed by atoms with Gasteiger partial charge >= 0.3 is 0 Å². The number of nitrogens with one attached hydrogen (secondary N) is 1. The normalized spacial score (nSPS) is 17.3. The van der Waals surface area contributed by atoms with Crippen molar-refractivity contribution in [3.63, 3.8) is 0 Å². The Morgan fingerprint density at radius 3 is 2.58 bits per heavy atom. The topological polar surface area (TPSA) is 70.6 Å². The molecule has 0 atom stereocenters. The molecule has 0 aliphatic carbocycles. The fourth-order valence-corrected chi connectivity index (χ4v) is 4.52. The Kier molecular flexibility index (Phi) is 6.70. The fourth-order valence-electron chi connectivity index (χ4n) is 4.52. The highest BCUT2D eigenvalue weighted by Crippen LogP contribution is 2.30. The van der Waals surface area contributed by atoms with E-state index in [1.807, 2.05) is 36.2 Å². The van der Waals surface area contributed by atoms with Gasteiger partial charge in [-0.05, 0) is 63.5 Å². The molecule has 0 spiro atoms. The number of fused-ring (bicyclic) bond motifs is 1. The summed E-state index contributed by atoms with van der Waals surface area (Å²) in [5, 5.41) is 3.27. The second-order valence-electron chi connectivity index (χ2n) is 8.60. The van der Waals surface area contributed by atoms with Crippen LogP contribution in [-0.2, 0) is 24.2 Å². The molecular weight excluding hydrogens is 390 g/mol. The van der Waals surface area contributed by atoms with Crippen molar-refractivity contribution in [2.24, 2.45) is 0 Å². The number of amides is 1. The minimum atomic E-state index is 0.187. The third-order valence-corrected chi connectivity index (χ3v) is 6.54. The van der Waals surface area contributed by atoms with Gasteiger partial charge in [0.25, 0.3) is 0 Å². The number of hydrogen-bond donors (Lipinski definition) is 1. The molecule has 166 valence electrons. The first kappa shape index (κ1) is 21.6. The number of carbonyl (C=O) groups excluding carboxylic acids is 1. The standard InChI is InChI=1S/C24H33N5O2/c1-25-24-20-12-15-29(22(30)9-6-17-4-7-19(31-3)8-5-17)16-21(20)26-23(27-24)18-10-13-28(2)14-11-18/h4-5,7-8,18H,6,9-16H2,1-3H3,(H,25,26,27). The molecule has 7 nitrogen and oxygen atoms in total. The Labute approximate surface area is 184 Å². The first-order valence-corrected chi connectivity index (χ1v) is 11.2. The lowest BCUT2D eigenvalue weighted by atomic mass is 9.95. The number of aryl methyl sites for hydroxylation is 1. The molecule has 0 saturated carbocycles. The van der Waals surface area contributed by atoms with Crippen molar-refractivity contribution in [2.75, 3.05) is 46.2 Å². The van der Waals surface area contributed by atoms with Gasteiger partial charge < -0.3 is 19.9 Å². The Morgan fingerprint density at radius 1 is 1.16 bits per heavy atom. The fraction of sp³-hybridized carbons (Fsp3) is 0.542. The van der Waals surface area contributed by atoms with Gasteiger partial charge in [0.05, 0.1) is 19.3 Å². The highest BCUT2D eigenvalue weighted by atomic mass is 16.5. The number of likely N-dealkylation sites (tertiary alicyclic amines) is 1. The van der Waals surface area contributed by atoms with Crippen molar-refractivity contribution in [3.8, 4) is 5.75 Å². The van der Waals surface area contributed by atoms with Gasteiger partial charge in [-0.2, -0.15) is 0 Å². The number of aromatic nitrogens is 2. The van der Waals surface area contributed by atoms with E-state index in [0.717, 1.165) is 74.0 Å². The molecule has 0 bridgehead atoms. The van der Waals surface area contributed by atoms with Crippen LogP contribution in [0.5, 0.6) is 5.75 Å². The summed E-state index contributed by atoms with van der Waals surface area (Å²) in [6.45, 7) is 3.46. The molecule has 2 aromatic rings. The second-order valence-corrected chi connectivity index (χ2v) is 8.60. The number of anilines is 1. The molecule has 2 aliphatic rings. The zero-order valence-electron chi connectivity index (χ0n) is 18.9. The van der Waals surface area contributed by atoms with Gasteiger partial charge in [0.2, 0.25) is 5.91 Å². The smallest absolute Gasteiger partial charge is 0.223 e. The minimum Gasteiger partial charge on any atom is -0.497 e. The molecule has 0 radical (unpaired) electrons. The van der Waals surface area contributed by atoms with Crippen LogP contribution in [0, 0.1) is 0 Å². The van der Waals surface area contributed by atoms with Crippen molar-refractivity contribution in [3.05, 3.63) is 46.9 Å². The average molecular weight is 424 g/mol. The Hall–Kier alpha value is -2.67. The van der Waals surface area contributed by atoms with Gasteiger partial charge in [0.15, 0.2) is 0 Å². The molecule has 2 aliphatic heterocycles. The number of benzene rings is 1. The van der Waals surface area contributed by atoms with Crippen LogP contribution in [0.1, 0.15) is 47.8 Å². The number of hydrogen-bond acceptors (Lipinski definition) is 6. The van der Waals surface area contributed by atoms with E-state index in [4.69, 9.17) is 14.7 Å². The molecule has 4 rings (SSSR count). The SMILES string of the molecule is CNc1nc(C2CCN(C)CC2)nc2c1CCN(C(=O)CCc1ccc(OC)cc1)C2. The lowest BCUT2D eigenvalue weighted by Crippen LogP contribution is -2.37. The summed E-state index contributed by atoms with van der Waals surface area (Å²) < 4.78 is 5.21. The molecule has 0 unspecified atom stereocenters. The third-order valence-electron chi connectivity index (χ3n) is 6.54. The zero-order chi connectivity index (χ0) is 21.8. The van der Waals surface area contributed by atoms with Crippen molar-refractivity contribution in [2.45, 2.75) is 44.6 Å². The maximum Gasteiger partial charge on any atom is 0.223 e. The van der Waals surface area contributed by atoms with E-state index in [1.165, 1.54) is 5.56 Å². The number of nitrogens with zero attached hydrogens (tertiary/aromatic N) is 4. The predicted molar refractivity (Wildman–Crippen MR) is 121 cm³/mol. The number of rotatable bonds is 6. The number of methoxy groups -OCH3 is 1. The van der Waals surface area contributed by atoms with Crippen molar-refractivity contribution < 1.29 is 9.53 Å². The molecular formula is C24H33N5O2. The van der Waals surface area contributed by atoms with E-state index in [9.17, 15) is 4.79 Å². The number of ether oxygens (including phenoxy) is 1. The van der Waals surface area contributed by atoms with Crippen LogP contribution >= 0.6 is 0 Å². The highest BCUT2D eigenvalue weighted by Gasteiger charge is 2.28. The quantitative estimate of drug-likeness (QED) is 0.771. The van der Waals surface area contributed by atoms with Crippen molar-refractivity contribution >= 4 is 11.7 Å². The summed E-state index contributed by atoms with van der Waals surface area (Å²) in [5.74, 6) is 3.29. The van der Waals surface area contributed by atoms with Gasteiger partial charge in [0, 0.05) is 31.5 Å². The first-order chi connectivity index (χ1) is 15.1. The minimum absolute atomic E-state index is 0.187. The number of piperidine rings is 1. The zero-order valence-corrected chi connectivity index (χ0v) is 18.9. The molecule has 31 heavy (non-hydrogen) atoms. The van der Waals surface area contributed by atoms with Crippen molar-refractivity contribution in [1.82, 2.24) is 19.8 Å². The van der Waals surface area contributed by atoms with E-state index in [1.54, 1.807) is 7.11 Å². The van der Waals surface area contributed by atoms with Crippen LogP contribution in [0.4, 0.5) is 5.82 Å². The van der Waals surface area contributed by atoms with Crippen molar-refractivity contribution in [1.29, 1.82) is 0 Å². The summed E-state index contributed by atoms with van der Waals surface area (Å²) in [4.78, 5) is 27.1. The lowest BCUT2D eigenvalue weighted by Gasteiger charge is -2.32. The second kappa shape index (κ2) is 9.64. The maximum absolute atomic E-state index is 12.9. The van der Waals surface area contributed by atoms with E-state index >= 15 is 0 Å². The van der Waals surface area contributed by atoms with Crippen LogP contribution < -0.4 is 10.1 Å². The van der Waals surface area contributed by atoms with Gasteiger partial charge in [-0.1, -0.05) is 12.1 Å². The Balaban J connectivity index is 1.43. The molecule has 1 saturated heterocycles. The summed E-state index contributed by atoms with van der Waals surface area (Å²) >= 11 is 0. The average Bonchev–Trinajstić information content (AvgIpc) is 2.82. The van der Waals surface area contributed by atoms with Gasteiger partial charge in [-0.3, -0.25) is 4.79 Å². The molecule has 1 aromatic heterocycles. The van der Waals surface area contributed by atoms with Crippen LogP contribution in [-0.4, -0.2) is 66.5 Å². The van der Waals surface area contributed by atoms with Crippen LogP contribution in [0.3, 0.4) is 0 Å². The van der Waals surface area contributed by atoms with E-state index in [0.29, 0.717) is 18.9 Å². The van der Waals surface area contributed by atoms with Crippen LogP contribution in [0.25, 0.3) is 0 Å². The molecule has 7 heteroatoms. The Bertz CT molecular complexity index is 907. The molecule has 1 aromatic carbocycles. The summed E-state index contributed by atoms with van der Waals surface area (Å²) in [5.41, 5.74) is 3.33. The van der Waals surface area contributed by atoms with Crippen LogP contribution in [0.2, 0.25) is 0 Å². The highest BCUT2D eigenvalue weighted by molar-refractivity contribution is 5.77. The van der Waals surface area contributed by atoms with Gasteiger partial charge in [0.1, 0.15) is 17.4 Å². The van der Waals surface area contributed by atoms with Gasteiger partial charge in [-0.25, -0.2) is 9.97 Å². The molecule has 1 fully saturated rings. The van der Waals surface area contributed by atoms with Crippen LogP contribution in [0.15, 0.2) is 24.3 Å². The monoisotopic (exact) mass is 423 g/mol. The lowest BCUT2D eigenvalue weighted by molar-refractivity contribution is -0.132. The van der Waals surface area contributed by atoms with Gasteiger partial charge in [-0.15, -0.1) is 0 Å². The molecule has 3 heterocycles. The predicted octanol–water partition coefficient (Wildman–Crippen LogP) is 2.85. The summed E-state index contributed by atoms with van der Waals surface area (Å²) in [6.07, 6.45) is 4.21.